The molecule has 3 fully saturated rings. The van der Waals surface area contributed by atoms with Crippen molar-refractivity contribution in [3.63, 3.8) is 0 Å². The van der Waals surface area contributed by atoms with Crippen molar-refractivity contribution in [3.8, 4) is 0 Å². The quantitative estimate of drug-likeness (QED) is 0.608. The minimum Gasteiger partial charge on any atom is -0.469 e. The normalized spacial score (nSPS) is 48.8. The Morgan fingerprint density at radius 3 is 2.28 bits per heavy atom. The monoisotopic (exact) mass is 350 g/mol. The van der Waals surface area contributed by atoms with Crippen LogP contribution in [0.2, 0.25) is 0 Å². The van der Waals surface area contributed by atoms with Crippen molar-refractivity contribution in [2.45, 2.75) is 78.7 Å². The van der Waals surface area contributed by atoms with Crippen molar-refractivity contribution in [1.29, 1.82) is 0 Å². The summed E-state index contributed by atoms with van der Waals surface area (Å²) in [4.78, 5) is 24.7. The Labute approximate surface area is 151 Å². The molecule has 0 aromatic heterocycles. The first kappa shape index (κ1) is 18.9. The molecule has 0 radical (unpaired) electrons. The standard InChI is InChI=1S/C21H34O4/c1-18(2)14-7-11-21(13-22)12-19(3,17(24)25-5)9-6-15(21)20(14,4)10-8-16(18)23/h13-16,23H,6-12H2,1-5H3. The summed E-state index contributed by atoms with van der Waals surface area (Å²) in [5.74, 6) is 0.531. The van der Waals surface area contributed by atoms with Gasteiger partial charge in [0.2, 0.25) is 0 Å². The molecule has 25 heavy (non-hydrogen) atoms. The van der Waals surface area contributed by atoms with Crippen molar-refractivity contribution in [3.05, 3.63) is 0 Å². The predicted octanol–water partition coefficient (Wildman–Crippen LogP) is 3.75. The van der Waals surface area contributed by atoms with Crippen LogP contribution in [0.25, 0.3) is 0 Å². The molecule has 3 rings (SSSR count). The van der Waals surface area contributed by atoms with Crippen LogP contribution in [-0.2, 0) is 14.3 Å². The zero-order chi connectivity index (χ0) is 18.7. The molecular weight excluding hydrogens is 316 g/mol. The van der Waals surface area contributed by atoms with Gasteiger partial charge in [0.05, 0.1) is 18.6 Å². The summed E-state index contributed by atoms with van der Waals surface area (Å²) in [5.41, 5.74) is -1.05. The van der Waals surface area contributed by atoms with E-state index in [0.29, 0.717) is 18.3 Å². The van der Waals surface area contributed by atoms with Crippen LogP contribution in [-0.4, -0.2) is 30.6 Å². The van der Waals surface area contributed by atoms with Crippen LogP contribution in [0.3, 0.4) is 0 Å². The molecule has 0 spiro atoms. The maximum Gasteiger partial charge on any atom is 0.311 e. The molecule has 6 atom stereocenters. The molecular formula is C21H34O4. The Morgan fingerprint density at radius 2 is 1.68 bits per heavy atom. The Balaban J connectivity index is 1.98. The molecule has 0 amide bonds. The van der Waals surface area contributed by atoms with Gasteiger partial charge >= 0.3 is 5.97 Å². The molecule has 6 unspecified atom stereocenters. The Hall–Kier alpha value is -0.900. The zero-order valence-electron chi connectivity index (χ0n) is 16.4. The van der Waals surface area contributed by atoms with Crippen molar-refractivity contribution in [2.24, 2.45) is 33.5 Å². The van der Waals surface area contributed by atoms with Crippen molar-refractivity contribution < 1.29 is 19.4 Å². The van der Waals surface area contributed by atoms with E-state index in [2.05, 4.69) is 20.8 Å². The predicted molar refractivity (Wildman–Crippen MR) is 95.8 cm³/mol. The SMILES string of the molecule is COC(=O)C1(C)CCC2C(C=O)(CCC3C(C)(C)C(O)CCC23C)C1. The molecule has 1 N–H and O–H groups in total. The third-order valence-electron chi connectivity index (χ3n) is 8.51. The Kier molecular flexibility index (Phi) is 4.38. The highest BCUT2D eigenvalue weighted by molar-refractivity contribution is 5.78. The molecule has 0 bridgehead atoms. The van der Waals surface area contributed by atoms with Gasteiger partial charge in [0.25, 0.3) is 0 Å². The maximum atomic E-state index is 12.4. The maximum absolute atomic E-state index is 12.4. The van der Waals surface area contributed by atoms with Gasteiger partial charge in [-0.2, -0.15) is 0 Å². The minimum atomic E-state index is -0.556. The lowest BCUT2D eigenvalue weighted by Crippen LogP contribution is -2.62. The lowest BCUT2D eigenvalue weighted by molar-refractivity contribution is -0.197. The molecule has 0 aromatic rings. The number of hydrogen-bond acceptors (Lipinski definition) is 4. The number of fused-ring (bicyclic) bond motifs is 3. The summed E-state index contributed by atoms with van der Waals surface area (Å²) in [6, 6.07) is 0. The molecule has 3 aliphatic rings. The summed E-state index contributed by atoms with van der Waals surface area (Å²) in [6.45, 7) is 8.68. The zero-order valence-corrected chi connectivity index (χ0v) is 16.4. The third-order valence-corrected chi connectivity index (χ3v) is 8.51. The highest BCUT2D eigenvalue weighted by atomic mass is 16.5. The number of ether oxygens (including phenoxy) is 1. The van der Waals surface area contributed by atoms with Gasteiger partial charge in [0.1, 0.15) is 6.29 Å². The summed E-state index contributed by atoms with van der Waals surface area (Å²) >= 11 is 0. The van der Waals surface area contributed by atoms with Gasteiger partial charge in [-0.25, -0.2) is 0 Å². The first-order valence-corrected chi connectivity index (χ1v) is 9.78. The van der Waals surface area contributed by atoms with Crippen molar-refractivity contribution >= 4 is 12.3 Å². The largest absolute Gasteiger partial charge is 0.469 e. The average molecular weight is 350 g/mol. The molecule has 0 saturated heterocycles. The van der Waals surface area contributed by atoms with Gasteiger partial charge in [-0.3, -0.25) is 4.79 Å². The minimum absolute atomic E-state index is 0.0549. The molecule has 142 valence electrons. The van der Waals surface area contributed by atoms with Gasteiger partial charge < -0.3 is 14.6 Å². The third kappa shape index (κ3) is 2.50. The van der Waals surface area contributed by atoms with E-state index in [1.807, 2.05) is 6.92 Å². The average Bonchev–Trinajstić information content (AvgIpc) is 2.57. The van der Waals surface area contributed by atoms with Crippen LogP contribution in [0, 0.1) is 33.5 Å². The highest BCUT2D eigenvalue weighted by Gasteiger charge is 2.64. The lowest BCUT2D eigenvalue weighted by Gasteiger charge is -2.65. The van der Waals surface area contributed by atoms with Gasteiger partial charge in [-0.05, 0) is 74.5 Å². The number of carbonyl (C=O) groups is 2. The van der Waals surface area contributed by atoms with Crippen LogP contribution in [0.15, 0.2) is 0 Å². The second-order valence-corrected chi connectivity index (χ2v) is 10.1. The van der Waals surface area contributed by atoms with Gasteiger partial charge in [0.15, 0.2) is 0 Å². The van der Waals surface area contributed by atoms with E-state index in [4.69, 9.17) is 4.74 Å². The van der Waals surface area contributed by atoms with Gasteiger partial charge in [-0.15, -0.1) is 0 Å². The first-order chi connectivity index (χ1) is 11.6. The molecule has 0 aliphatic heterocycles. The second-order valence-electron chi connectivity index (χ2n) is 10.1. The molecule has 4 heteroatoms. The van der Waals surface area contributed by atoms with E-state index in [9.17, 15) is 14.7 Å². The summed E-state index contributed by atoms with van der Waals surface area (Å²) in [7, 11) is 1.44. The van der Waals surface area contributed by atoms with Crippen molar-refractivity contribution in [1.82, 2.24) is 0 Å². The number of esters is 1. The topological polar surface area (TPSA) is 63.6 Å². The van der Waals surface area contributed by atoms with E-state index >= 15 is 0 Å². The van der Waals surface area contributed by atoms with Gasteiger partial charge in [-0.1, -0.05) is 20.8 Å². The van der Waals surface area contributed by atoms with E-state index in [-0.39, 0.29) is 22.9 Å². The number of carbonyl (C=O) groups excluding carboxylic acids is 2. The van der Waals surface area contributed by atoms with E-state index in [1.165, 1.54) is 7.11 Å². The molecule has 3 saturated carbocycles. The van der Waals surface area contributed by atoms with Crippen LogP contribution in [0.1, 0.15) is 72.6 Å². The van der Waals surface area contributed by atoms with Crippen LogP contribution < -0.4 is 0 Å². The number of aliphatic hydroxyl groups is 1. The van der Waals surface area contributed by atoms with Crippen LogP contribution in [0.4, 0.5) is 0 Å². The van der Waals surface area contributed by atoms with E-state index < -0.39 is 10.8 Å². The highest BCUT2D eigenvalue weighted by Crippen LogP contribution is 2.68. The van der Waals surface area contributed by atoms with Crippen LogP contribution in [0.5, 0.6) is 0 Å². The number of hydrogen-bond donors (Lipinski definition) is 1. The molecule has 0 aromatic carbocycles. The fourth-order valence-corrected chi connectivity index (χ4v) is 7.15. The second kappa shape index (κ2) is 5.80. The molecule has 4 nitrogen and oxygen atoms in total. The van der Waals surface area contributed by atoms with Gasteiger partial charge in [0, 0.05) is 5.41 Å². The number of methoxy groups -OCH3 is 1. The fraction of sp³-hybridized carbons (Fsp3) is 0.905. The first-order valence-electron chi connectivity index (χ1n) is 9.78. The number of rotatable bonds is 2. The fourth-order valence-electron chi connectivity index (χ4n) is 7.15. The summed E-state index contributed by atoms with van der Waals surface area (Å²) in [5, 5.41) is 10.6. The molecule has 3 aliphatic carbocycles. The Bertz CT molecular complexity index is 570. The number of aliphatic hydroxyl groups excluding tert-OH is 1. The number of aldehydes is 1. The van der Waals surface area contributed by atoms with E-state index in [0.717, 1.165) is 44.8 Å². The molecule has 0 heterocycles. The smallest absolute Gasteiger partial charge is 0.311 e. The summed E-state index contributed by atoms with van der Waals surface area (Å²) in [6.07, 6.45) is 6.73. The van der Waals surface area contributed by atoms with E-state index in [1.54, 1.807) is 0 Å². The van der Waals surface area contributed by atoms with Crippen LogP contribution >= 0.6 is 0 Å². The van der Waals surface area contributed by atoms with Crippen molar-refractivity contribution in [2.75, 3.05) is 7.11 Å². The Morgan fingerprint density at radius 1 is 1.04 bits per heavy atom. The lowest BCUT2D eigenvalue weighted by atomic mass is 9.39. The summed E-state index contributed by atoms with van der Waals surface area (Å²) < 4.78 is 5.05.